The van der Waals surface area contributed by atoms with Crippen LogP contribution in [0.2, 0.25) is 10.0 Å². The van der Waals surface area contributed by atoms with E-state index in [9.17, 15) is 13.2 Å². The maximum absolute atomic E-state index is 12.1. The number of H-pyrrole nitrogens is 1. The number of sulfonamides is 1. The lowest BCUT2D eigenvalue weighted by atomic mass is 10.2. The first-order chi connectivity index (χ1) is 9.83. The Kier molecular flexibility index (Phi) is 4.55. The van der Waals surface area contributed by atoms with Crippen LogP contribution in [0, 0.1) is 0 Å². The van der Waals surface area contributed by atoms with E-state index in [4.69, 9.17) is 23.2 Å². The number of aryl methyl sites for hydroxylation is 1. The highest BCUT2D eigenvalue weighted by Crippen LogP contribution is 2.21. The zero-order chi connectivity index (χ0) is 15.6. The van der Waals surface area contributed by atoms with Crippen molar-refractivity contribution in [3.05, 3.63) is 45.8 Å². The summed E-state index contributed by atoms with van der Waals surface area (Å²) in [5, 5.41) is 0.229. The molecule has 1 aromatic heterocycles. The third-order valence-electron chi connectivity index (χ3n) is 2.63. The Hall–Kier alpha value is -1.57. The Labute approximate surface area is 131 Å². The molecule has 1 aromatic carbocycles. The first kappa shape index (κ1) is 15.8. The fraction of sp³-hybridized carbons (Fsp3) is 0.167. The molecule has 0 aliphatic heterocycles. The third-order valence-corrected chi connectivity index (χ3v) is 4.42. The molecule has 0 atom stereocenters. The molecule has 0 aliphatic rings. The van der Waals surface area contributed by atoms with Crippen molar-refractivity contribution in [3.8, 4) is 0 Å². The molecule has 9 heteroatoms. The lowest BCUT2D eigenvalue weighted by Gasteiger charge is -2.06. The van der Waals surface area contributed by atoms with Gasteiger partial charge in [0.05, 0.1) is 16.8 Å². The van der Waals surface area contributed by atoms with Crippen LogP contribution in [-0.2, 0) is 16.4 Å². The molecular formula is C12H11Cl2N3O3S. The van der Waals surface area contributed by atoms with Crippen LogP contribution in [0.25, 0.3) is 0 Å². The number of hydrogen-bond acceptors (Lipinski definition) is 4. The molecule has 2 rings (SSSR count). The Morgan fingerprint density at radius 1 is 1.38 bits per heavy atom. The van der Waals surface area contributed by atoms with E-state index in [1.165, 1.54) is 18.2 Å². The number of nitrogens with one attached hydrogen (secondary N) is 2. The van der Waals surface area contributed by atoms with E-state index in [1.807, 2.05) is 11.6 Å². The lowest BCUT2D eigenvalue weighted by molar-refractivity contribution is 0.0981. The standard InChI is InChI=1S/C12H11Cl2N3O3S/c1-2-10-15-6-11(16-10)21(19,20)17-12(18)8-4-3-7(13)5-9(8)14/h3-6H,2H2,1H3,(H,15,16)(H,17,18). The zero-order valence-corrected chi connectivity index (χ0v) is 13.2. The van der Waals surface area contributed by atoms with Gasteiger partial charge in [-0.2, -0.15) is 8.42 Å². The van der Waals surface area contributed by atoms with E-state index < -0.39 is 15.9 Å². The van der Waals surface area contributed by atoms with Crippen LogP contribution in [0.15, 0.2) is 29.4 Å². The largest absolute Gasteiger partial charge is 0.332 e. The molecule has 0 bridgehead atoms. The summed E-state index contributed by atoms with van der Waals surface area (Å²) in [7, 11) is -4.03. The van der Waals surface area contributed by atoms with Gasteiger partial charge in [0.25, 0.3) is 15.9 Å². The summed E-state index contributed by atoms with van der Waals surface area (Å²) >= 11 is 11.6. The number of amides is 1. The average molecular weight is 348 g/mol. The van der Waals surface area contributed by atoms with Gasteiger partial charge in [-0.15, -0.1) is 0 Å². The first-order valence-corrected chi connectivity index (χ1v) is 8.13. The Balaban J connectivity index is 2.25. The highest BCUT2D eigenvalue weighted by molar-refractivity contribution is 7.90. The number of carbonyl (C=O) groups excluding carboxylic acids is 1. The minimum atomic E-state index is -4.03. The summed E-state index contributed by atoms with van der Waals surface area (Å²) in [6.45, 7) is 1.82. The van der Waals surface area contributed by atoms with Crippen LogP contribution in [0.1, 0.15) is 23.1 Å². The fourth-order valence-electron chi connectivity index (χ4n) is 1.57. The Bertz CT molecular complexity index is 787. The van der Waals surface area contributed by atoms with Crippen molar-refractivity contribution < 1.29 is 13.2 Å². The molecule has 21 heavy (non-hydrogen) atoms. The van der Waals surface area contributed by atoms with Gasteiger partial charge >= 0.3 is 0 Å². The van der Waals surface area contributed by atoms with Gasteiger partial charge in [0.15, 0.2) is 5.03 Å². The number of aromatic nitrogens is 2. The first-order valence-electron chi connectivity index (χ1n) is 5.89. The van der Waals surface area contributed by atoms with Gasteiger partial charge in [-0.25, -0.2) is 9.71 Å². The van der Waals surface area contributed by atoms with Crippen molar-refractivity contribution in [2.45, 2.75) is 18.4 Å². The van der Waals surface area contributed by atoms with E-state index in [2.05, 4.69) is 9.97 Å². The summed E-state index contributed by atoms with van der Waals surface area (Å²) in [4.78, 5) is 18.5. The second kappa shape index (κ2) is 6.05. The second-order valence-corrected chi connectivity index (χ2v) is 6.60. The maximum atomic E-state index is 12.1. The minimum Gasteiger partial charge on any atom is -0.332 e. The number of halogens is 2. The van der Waals surface area contributed by atoms with Gasteiger partial charge in [0.2, 0.25) is 0 Å². The Morgan fingerprint density at radius 3 is 2.67 bits per heavy atom. The van der Waals surface area contributed by atoms with Crippen LogP contribution in [0.3, 0.4) is 0 Å². The van der Waals surface area contributed by atoms with Crippen LogP contribution in [0.5, 0.6) is 0 Å². The number of rotatable bonds is 4. The van der Waals surface area contributed by atoms with Crippen molar-refractivity contribution in [3.63, 3.8) is 0 Å². The maximum Gasteiger partial charge on any atom is 0.281 e. The number of aromatic amines is 1. The van der Waals surface area contributed by atoms with E-state index in [-0.39, 0.29) is 15.6 Å². The SMILES string of the molecule is CCc1ncc(S(=O)(=O)NC(=O)c2ccc(Cl)cc2Cl)[nH]1. The molecule has 0 saturated heterocycles. The average Bonchev–Trinajstić information content (AvgIpc) is 2.87. The highest BCUT2D eigenvalue weighted by Gasteiger charge is 2.22. The number of benzene rings is 1. The normalized spacial score (nSPS) is 11.4. The highest BCUT2D eigenvalue weighted by atomic mass is 35.5. The number of imidazole rings is 1. The molecule has 0 aliphatic carbocycles. The van der Waals surface area contributed by atoms with Gasteiger partial charge < -0.3 is 4.98 Å². The van der Waals surface area contributed by atoms with E-state index in [0.717, 1.165) is 6.20 Å². The monoisotopic (exact) mass is 347 g/mol. The minimum absolute atomic E-state index is 0.0138. The molecule has 0 unspecified atom stereocenters. The Morgan fingerprint density at radius 2 is 2.10 bits per heavy atom. The number of nitrogens with zero attached hydrogens (tertiary/aromatic N) is 1. The van der Waals surface area contributed by atoms with Crippen molar-refractivity contribution in [2.24, 2.45) is 0 Å². The quantitative estimate of drug-likeness (QED) is 0.888. The van der Waals surface area contributed by atoms with Crippen LogP contribution in [0.4, 0.5) is 0 Å². The molecule has 0 saturated carbocycles. The molecule has 6 nitrogen and oxygen atoms in total. The summed E-state index contributed by atoms with van der Waals surface area (Å²) in [5.41, 5.74) is 0.0138. The van der Waals surface area contributed by atoms with Crippen LogP contribution < -0.4 is 4.72 Å². The molecule has 1 heterocycles. The summed E-state index contributed by atoms with van der Waals surface area (Å²) in [6, 6.07) is 4.15. The van der Waals surface area contributed by atoms with Crippen molar-refractivity contribution in [2.75, 3.05) is 0 Å². The van der Waals surface area contributed by atoms with Crippen molar-refractivity contribution >= 4 is 39.1 Å². The van der Waals surface area contributed by atoms with Gasteiger partial charge in [0.1, 0.15) is 5.82 Å². The van der Waals surface area contributed by atoms with E-state index in [1.54, 1.807) is 0 Å². The molecule has 1 amide bonds. The van der Waals surface area contributed by atoms with Gasteiger partial charge in [-0.3, -0.25) is 4.79 Å². The van der Waals surface area contributed by atoms with Gasteiger partial charge in [0, 0.05) is 11.4 Å². The third kappa shape index (κ3) is 3.55. The predicted molar refractivity (Wildman–Crippen MR) is 79.1 cm³/mol. The predicted octanol–water partition coefficient (Wildman–Crippen LogP) is 2.40. The topological polar surface area (TPSA) is 91.9 Å². The molecular weight excluding hydrogens is 337 g/mol. The number of carbonyl (C=O) groups is 1. The molecule has 0 radical (unpaired) electrons. The molecule has 2 N–H and O–H groups in total. The van der Waals surface area contributed by atoms with E-state index in [0.29, 0.717) is 17.3 Å². The summed E-state index contributed by atoms with van der Waals surface area (Å²) < 4.78 is 26.0. The van der Waals surface area contributed by atoms with Crippen molar-refractivity contribution in [1.29, 1.82) is 0 Å². The molecule has 112 valence electrons. The summed E-state index contributed by atoms with van der Waals surface area (Å²) in [5.74, 6) is -0.336. The van der Waals surface area contributed by atoms with Crippen LogP contribution in [-0.4, -0.2) is 24.3 Å². The van der Waals surface area contributed by atoms with E-state index >= 15 is 0 Å². The number of hydrogen-bond donors (Lipinski definition) is 2. The smallest absolute Gasteiger partial charge is 0.281 e. The molecule has 0 spiro atoms. The van der Waals surface area contributed by atoms with Crippen LogP contribution >= 0.6 is 23.2 Å². The molecule has 2 aromatic rings. The van der Waals surface area contributed by atoms with Gasteiger partial charge in [-0.1, -0.05) is 30.1 Å². The fourth-order valence-corrected chi connectivity index (χ4v) is 2.97. The lowest BCUT2D eigenvalue weighted by Crippen LogP contribution is -2.31. The zero-order valence-electron chi connectivity index (χ0n) is 10.9. The van der Waals surface area contributed by atoms with Crippen molar-refractivity contribution in [1.82, 2.24) is 14.7 Å². The summed E-state index contributed by atoms with van der Waals surface area (Å²) in [6.07, 6.45) is 1.70. The molecule has 0 fully saturated rings. The second-order valence-electron chi connectivity index (χ2n) is 4.11. The van der Waals surface area contributed by atoms with Gasteiger partial charge in [-0.05, 0) is 18.2 Å².